The smallest absolute Gasteiger partial charge is 0.128 e. The Morgan fingerprint density at radius 3 is 1.20 bits per heavy atom. The molecule has 0 aliphatic heterocycles. The molecule has 8 heteroatoms. The molecule has 0 spiro atoms. The predicted octanol–water partition coefficient (Wildman–Crippen LogP) is 7.02. The molecule has 1 radical (unpaired) electrons. The molecular formula is C36H38Cl3MnN2O2-. The van der Waals surface area contributed by atoms with E-state index in [-0.39, 0.29) is 51.8 Å². The van der Waals surface area contributed by atoms with Gasteiger partial charge >= 0.3 is 0 Å². The molecule has 44 heavy (non-hydrogen) atoms. The number of aliphatic imine (C=N–C) groups is 2. The van der Waals surface area contributed by atoms with Gasteiger partial charge in [0.05, 0.1) is 0 Å². The number of benzene rings is 4. The zero-order valence-electron chi connectivity index (χ0n) is 25.7. The molecule has 0 aliphatic carbocycles. The van der Waals surface area contributed by atoms with Crippen molar-refractivity contribution in [1.82, 2.24) is 0 Å². The first-order chi connectivity index (χ1) is 19.8. The molecule has 0 heterocycles. The van der Waals surface area contributed by atoms with Crippen LogP contribution in [0.3, 0.4) is 0 Å². The molecule has 0 saturated carbocycles. The molecular weight excluding hydrogens is 654 g/mol. The quantitative estimate of drug-likeness (QED) is 0.162. The van der Waals surface area contributed by atoms with Gasteiger partial charge in [0.2, 0.25) is 0 Å². The van der Waals surface area contributed by atoms with Gasteiger partial charge in [0.25, 0.3) is 0 Å². The summed E-state index contributed by atoms with van der Waals surface area (Å²) in [5.74, 6) is 0.307. The second kappa shape index (κ2) is 15.5. The maximum absolute atomic E-state index is 11.2. The van der Waals surface area contributed by atoms with Crippen LogP contribution in [0.1, 0.15) is 87.0 Å². The summed E-state index contributed by atoms with van der Waals surface area (Å²) in [6.07, 6.45) is 3.35. The summed E-state index contributed by atoms with van der Waals surface area (Å²) >= 11 is 13.0. The third kappa shape index (κ3) is 9.12. The van der Waals surface area contributed by atoms with E-state index in [4.69, 9.17) is 33.2 Å². The van der Waals surface area contributed by atoms with E-state index in [1.807, 2.05) is 102 Å². The van der Waals surface area contributed by atoms with Crippen LogP contribution >= 0.6 is 23.2 Å². The number of phenols is 2. The van der Waals surface area contributed by atoms with Crippen molar-refractivity contribution in [3.05, 3.63) is 128 Å². The van der Waals surface area contributed by atoms with Gasteiger partial charge < -0.3 is 22.6 Å². The van der Waals surface area contributed by atoms with E-state index in [9.17, 15) is 10.2 Å². The second-order valence-electron chi connectivity index (χ2n) is 12.5. The van der Waals surface area contributed by atoms with Gasteiger partial charge in [0.15, 0.2) is 0 Å². The molecule has 0 saturated heterocycles. The summed E-state index contributed by atoms with van der Waals surface area (Å²) in [4.78, 5) is 10.1. The van der Waals surface area contributed by atoms with Crippen LogP contribution in [0.15, 0.2) is 94.9 Å². The molecule has 0 aliphatic rings. The molecule has 2 N–H and O–H groups in total. The number of hydrogen-bond donors (Lipinski definition) is 2. The van der Waals surface area contributed by atoms with Gasteiger partial charge in [0.1, 0.15) is 23.6 Å². The molecule has 0 fully saturated rings. The van der Waals surface area contributed by atoms with Crippen molar-refractivity contribution in [2.24, 2.45) is 9.98 Å². The van der Waals surface area contributed by atoms with Crippen LogP contribution in [-0.4, -0.2) is 22.6 Å². The van der Waals surface area contributed by atoms with Gasteiger partial charge in [-0.3, -0.25) is 9.98 Å². The van der Waals surface area contributed by atoms with E-state index < -0.39 is 12.1 Å². The largest absolute Gasteiger partial charge is 1.00 e. The SMILES string of the molecule is CC(C)(C)c1cc(Cl)cc(C=NC(c2ccccc2)C(N=Cc2cc(Cl)cc(C(C)(C)C)c2O)c2ccccc2)c1O.[Cl-].[Mn]. The van der Waals surface area contributed by atoms with Crippen LogP contribution < -0.4 is 12.4 Å². The summed E-state index contributed by atoms with van der Waals surface area (Å²) in [7, 11) is 0. The fourth-order valence-electron chi connectivity index (χ4n) is 4.90. The van der Waals surface area contributed by atoms with Crippen molar-refractivity contribution in [3.8, 4) is 11.5 Å². The number of hydrogen-bond acceptors (Lipinski definition) is 4. The molecule has 4 aromatic carbocycles. The zero-order valence-corrected chi connectivity index (χ0v) is 29.1. The van der Waals surface area contributed by atoms with Gasteiger partial charge in [-0.1, -0.05) is 125 Å². The summed E-state index contributed by atoms with van der Waals surface area (Å²) in [5, 5.41) is 23.4. The number of nitrogens with zero attached hydrogens (tertiary/aromatic N) is 2. The van der Waals surface area contributed by atoms with Gasteiger partial charge in [0, 0.05) is 61.8 Å². The number of aromatic hydroxyl groups is 2. The Labute approximate surface area is 288 Å². The number of phenolic OH excluding ortho intramolecular Hbond substituents is 2. The molecule has 4 nitrogen and oxygen atoms in total. The minimum absolute atomic E-state index is 0. The van der Waals surface area contributed by atoms with Gasteiger partial charge in [-0.2, -0.15) is 0 Å². The Bertz CT molecular complexity index is 1480. The summed E-state index contributed by atoms with van der Waals surface area (Å²) < 4.78 is 0. The fraction of sp³-hybridized carbons (Fsp3) is 0.278. The molecule has 0 bridgehead atoms. The molecule has 0 amide bonds. The van der Waals surface area contributed by atoms with Crippen molar-refractivity contribution in [3.63, 3.8) is 0 Å². The summed E-state index contributed by atoms with van der Waals surface area (Å²) in [5.41, 5.74) is 3.84. The maximum atomic E-state index is 11.2. The normalized spacial score (nSPS) is 13.4. The van der Waals surface area contributed by atoms with Crippen molar-refractivity contribution < 1.29 is 39.7 Å². The summed E-state index contributed by atoms with van der Waals surface area (Å²) in [6, 6.07) is 26.0. The van der Waals surface area contributed by atoms with E-state index >= 15 is 0 Å². The summed E-state index contributed by atoms with van der Waals surface area (Å²) in [6.45, 7) is 12.2. The molecule has 4 aromatic rings. The Balaban J connectivity index is 0.00000337. The maximum Gasteiger partial charge on any atom is 0.128 e. The molecule has 2 unspecified atom stereocenters. The Morgan fingerprint density at radius 1 is 0.591 bits per heavy atom. The van der Waals surface area contributed by atoms with Crippen LogP contribution in [0.25, 0.3) is 0 Å². The minimum Gasteiger partial charge on any atom is -1.00 e. The topological polar surface area (TPSA) is 65.2 Å². The monoisotopic (exact) mass is 690 g/mol. The van der Waals surface area contributed by atoms with Crippen LogP contribution in [0, 0.1) is 0 Å². The molecule has 2 atom stereocenters. The van der Waals surface area contributed by atoms with E-state index in [1.165, 1.54) is 0 Å². The van der Waals surface area contributed by atoms with E-state index in [0.717, 1.165) is 22.3 Å². The first-order valence-corrected chi connectivity index (χ1v) is 14.7. The second-order valence-corrected chi connectivity index (χ2v) is 13.4. The standard InChI is InChI=1S/C36H38Cl2N2O2.ClH.Mn/c1-35(2,3)29-19-27(37)17-25(33(29)41)21-39-31(23-13-9-7-10-14-23)32(24-15-11-8-12-16-24)40-22-26-18-28(38)20-30(34(26)42)36(4,5)6;;/h7-22,31-32,41-42H,1-6H3;1H;/p-1. The Morgan fingerprint density at radius 2 is 0.909 bits per heavy atom. The van der Waals surface area contributed by atoms with Crippen LogP contribution in [-0.2, 0) is 27.9 Å². The average molecular weight is 692 g/mol. The van der Waals surface area contributed by atoms with Gasteiger partial charge in [-0.15, -0.1) is 0 Å². The van der Waals surface area contributed by atoms with Crippen LogP contribution in [0.4, 0.5) is 0 Å². The van der Waals surface area contributed by atoms with Crippen molar-refractivity contribution >= 4 is 35.6 Å². The Hall–Kier alpha value is -2.79. The third-order valence-electron chi connectivity index (χ3n) is 7.15. The van der Waals surface area contributed by atoms with Gasteiger partial charge in [-0.05, 0) is 46.2 Å². The van der Waals surface area contributed by atoms with Crippen molar-refractivity contribution in [2.45, 2.75) is 64.5 Å². The van der Waals surface area contributed by atoms with Crippen molar-refractivity contribution in [2.75, 3.05) is 0 Å². The first kappa shape index (κ1) is 37.4. The fourth-order valence-corrected chi connectivity index (χ4v) is 5.36. The number of halogens is 3. The minimum atomic E-state index is -0.454. The Kier molecular flexibility index (Phi) is 13.2. The van der Waals surface area contributed by atoms with Crippen molar-refractivity contribution in [1.29, 1.82) is 0 Å². The zero-order chi connectivity index (χ0) is 30.7. The third-order valence-corrected chi connectivity index (χ3v) is 7.59. The van der Waals surface area contributed by atoms with Crippen LogP contribution in [0.2, 0.25) is 10.0 Å². The van der Waals surface area contributed by atoms with Gasteiger partial charge in [-0.25, -0.2) is 0 Å². The average Bonchev–Trinajstić information content (AvgIpc) is 2.93. The molecule has 0 aromatic heterocycles. The molecule has 233 valence electrons. The van der Waals surface area contributed by atoms with E-state index in [1.54, 1.807) is 36.7 Å². The van der Waals surface area contributed by atoms with Crippen LogP contribution in [0.5, 0.6) is 11.5 Å². The molecule has 4 rings (SSSR count). The van der Waals surface area contributed by atoms with E-state index in [2.05, 4.69) is 0 Å². The first-order valence-electron chi connectivity index (χ1n) is 14.0. The number of rotatable bonds is 7. The van der Waals surface area contributed by atoms with E-state index in [0.29, 0.717) is 21.2 Å². The predicted molar refractivity (Wildman–Crippen MR) is 177 cm³/mol.